The molecule has 0 saturated heterocycles. The second-order valence-corrected chi connectivity index (χ2v) is 9.05. The van der Waals surface area contributed by atoms with Crippen LogP contribution in [0.2, 0.25) is 0 Å². The van der Waals surface area contributed by atoms with Crippen LogP contribution in [0.4, 0.5) is 5.69 Å². The lowest BCUT2D eigenvalue weighted by Gasteiger charge is -2.29. The van der Waals surface area contributed by atoms with Gasteiger partial charge in [-0.25, -0.2) is 9.98 Å². The number of aliphatic imine (C=N–C) groups is 1. The summed E-state index contributed by atoms with van der Waals surface area (Å²) in [4.78, 5) is 9.66. The fourth-order valence-electron chi connectivity index (χ4n) is 3.25. The van der Waals surface area contributed by atoms with E-state index in [4.69, 9.17) is 14.7 Å². The van der Waals surface area contributed by atoms with Crippen molar-refractivity contribution in [3.63, 3.8) is 0 Å². The molecule has 4 nitrogen and oxygen atoms in total. The molecular weight excluding hydrogens is 334 g/mol. The third-order valence-corrected chi connectivity index (χ3v) is 5.18. The van der Waals surface area contributed by atoms with Crippen LogP contribution in [0.15, 0.2) is 41.4 Å². The molecule has 3 rings (SSSR count). The zero-order valence-corrected chi connectivity index (χ0v) is 17.6. The zero-order chi connectivity index (χ0) is 19.8. The summed E-state index contributed by atoms with van der Waals surface area (Å²) in [6, 6.07) is 12.6. The van der Waals surface area contributed by atoms with Crippen LogP contribution in [0.25, 0.3) is 0 Å². The van der Waals surface area contributed by atoms with E-state index < -0.39 is 0 Å². The Morgan fingerprint density at radius 1 is 0.963 bits per heavy atom. The molecule has 2 heterocycles. The summed E-state index contributed by atoms with van der Waals surface area (Å²) in [7, 11) is 0. The minimum absolute atomic E-state index is 0.0859. The summed E-state index contributed by atoms with van der Waals surface area (Å²) in [5.41, 5.74) is 5.16. The Morgan fingerprint density at radius 3 is 2.19 bits per heavy atom. The van der Waals surface area contributed by atoms with Gasteiger partial charge in [0.1, 0.15) is 12.3 Å². The number of rotatable bonds is 4. The van der Waals surface area contributed by atoms with E-state index >= 15 is 0 Å². The average Bonchev–Trinajstić information content (AvgIpc) is 3.09. The van der Waals surface area contributed by atoms with Crippen molar-refractivity contribution in [3.8, 4) is 0 Å². The molecule has 1 N–H and O–H groups in total. The molecule has 1 aromatic heterocycles. The molecule has 1 aliphatic heterocycles. The van der Waals surface area contributed by atoms with Crippen LogP contribution in [0, 0.1) is 19.3 Å². The van der Waals surface area contributed by atoms with Crippen LogP contribution in [0.1, 0.15) is 57.1 Å². The highest BCUT2D eigenvalue weighted by Crippen LogP contribution is 2.30. The summed E-state index contributed by atoms with van der Waals surface area (Å²) >= 11 is 0. The topological polar surface area (TPSA) is 46.5 Å². The smallest absolute Gasteiger partial charge is 0.235 e. The number of benzene rings is 1. The number of nitrogens with one attached hydrogen (secondary N) is 1. The van der Waals surface area contributed by atoms with Gasteiger partial charge in [-0.2, -0.15) is 0 Å². The van der Waals surface area contributed by atoms with Gasteiger partial charge in [-0.1, -0.05) is 45.0 Å². The van der Waals surface area contributed by atoms with Crippen molar-refractivity contribution in [2.45, 2.75) is 60.0 Å². The van der Waals surface area contributed by atoms with Gasteiger partial charge in [0, 0.05) is 5.69 Å². The lowest BCUT2D eigenvalue weighted by atomic mass is 9.88. The number of hydrogen-bond donors (Lipinski definition) is 1. The molecule has 1 atom stereocenters. The number of hydrogen-bond acceptors (Lipinski definition) is 4. The third-order valence-electron chi connectivity index (χ3n) is 5.18. The molecule has 0 bridgehead atoms. The number of anilines is 1. The standard InChI is InChI=1S/C23H31N3O/c1-15-10-8-11-16(2)20(15)26-23(6,7)18-13-9-12-17(24-18)21-25-19(14-27-21)22(3,4)5/h8-13,19,26H,14H2,1-7H3/t19-/m1/s1. The Bertz CT molecular complexity index is 842. The maximum atomic E-state index is 5.87. The Hall–Kier alpha value is -2.36. The van der Waals surface area contributed by atoms with Crippen molar-refractivity contribution < 1.29 is 4.74 Å². The first-order valence-electron chi connectivity index (χ1n) is 9.61. The van der Waals surface area contributed by atoms with Crippen LogP contribution >= 0.6 is 0 Å². The van der Waals surface area contributed by atoms with Crippen LogP contribution in [-0.2, 0) is 10.3 Å². The molecule has 0 aliphatic carbocycles. The van der Waals surface area contributed by atoms with E-state index in [2.05, 4.69) is 78.0 Å². The Morgan fingerprint density at radius 2 is 1.59 bits per heavy atom. The predicted octanol–water partition coefficient (Wildman–Crippen LogP) is 5.24. The van der Waals surface area contributed by atoms with Gasteiger partial charge in [-0.3, -0.25) is 0 Å². The van der Waals surface area contributed by atoms with Crippen LogP contribution in [0.3, 0.4) is 0 Å². The summed E-state index contributed by atoms with van der Waals surface area (Å²) in [6.45, 7) is 15.7. The van der Waals surface area contributed by atoms with E-state index in [0.717, 1.165) is 17.1 Å². The second kappa shape index (κ2) is 6.99. The highest BCUT2D eigenvalue weighted by molar-refractivity contribution is 5.93. The lowest BCUT2D eigenvalue weighted by molar-refractivity contribution is 0.235. The first kappa shape index (κ1) is 19.4. The first-order valence-corrected chi connectivity index (χ1v) is 9.61. The Labute approximate surface area is 163 Å². The average molecular weight is 366 g/mol. The first-order chi connectivity index (χ1) is 12.6. The molecule has 0 saturated carbocycles. The highest BCUT2D eigenvalue weighted by atomic mass is 16.5. The van der Waals surface area contributed by atoms with Crippen molar-refractivity contribution in [2.24, 2.45) is 10.4 Å². The monoisotopic (exact) mass is 365 g/mol. The molecule has 0 unspecified atom stereocenters. The van der Waals surface area contributed by atoms with Crippen molar-refractivity contribution in [2.75, 3.05) is 11.9 Å². The number of pyridine rings is 1. The van der Waals surface area contributed by atoms with Gasteiger partial charge >= 0.3 is 0 Å². The van der Waals surface area contributed by atoms with Gasteiger partial charge in [0.15, 0.2) is 0 Å². The van der Waals surface area contributed by atoms with Gasteiger partial charge < -0.3 is 10.1 Å². The predicted molar refractivity (Wildman–Crippen MR) is 113 cm³/mol. The van der Waals surface area contributed by atoms with Gasteiger partial charge in [0.2, 0.25) is 5.90 Å². The van der Waals surface area contributed by atoms with Crippen LogP contribution in [0.5, 0.6) is 0 Å². The largest absolute Gasteiger partial charge is 0.474 e. The number of aromatic nitrogens is 1. The van der Waals surface area contributed by atoms with E-state index in [1.54, 1.807) is 0 Å². The van der Waals surface area contributed by atoms with Crippen LogP contribution < -0.4 is 5.32 Å². The van der Waals surface area contributed by atoms with E-state index in [9.17, 15) is 0 Å². The summed E-state index contributed by atoms with van der Waals surface area (Å²) in [6.07, 6.45) is 0. The maximum absolute atomic E-state index is 5.87. The fraction of sp³-hybridized carbons (Fsp3) is 0.478. The summed E-state index contributed by atoms with van der Waals surface area (Å²) < 4.78 is 5.87. The molecule has 0 spiro atoms. The van der Waals surface area contributed by atoms with Crippen LogP contribution in [-0.4, -0.2) is 23.5 Å². The van der Waals surface area contributed by atoms with Crippen molar-refractivity contribution in [1.29, 1.82) is 0 Å². The number of para-hydroxylation sites is 1. The van der Waals surface area contributed by atoms with E-state index in [-0.39, 0.29) is 17.0 Å². The molecular formula is C23H31N3O. The van der Waals surface area contributed by atoms with E-state index in [0.29, 0.717) is 12.5 Å². The van der Waals surface area contributed by atoms with Crippen molar-refractivity contribution in [1.82, 2.24) is 4.98 Å². The summed E-state index contributed by atoms with van der Waals surface area (Å²) in [5.74, 6) is 0.652. The highest BCUT2D eigenvalue weighted by Gasteiger charge is 2.32. The third kappa shape index (κ3) is 4.15. The molecule has 0 radical (unpaired) electrons. The molecule has 1 aromatic carbocycles. The minimum Gasteiger partial charge on any atom is -0.474 e. The molecule has 0 amide bonds. The zero-order valence-electron chi connectivity index (χ0n) is 17.6. The molecule has 0 fully saturated rings. The van der Waals surface area contributed by atoms with Gasteiger partial charge in [0.05, 0.1) is 17.3 Å². The number of nitrogens with zero attached hydrogens (tertiary/aromatic N) is 2. The quantitative estimate of drug-likeness (QED) is 0.806. The molecule has 4 heteroatoms. The maximum Gasteiger partial charge on any atom is 0.235 e. The molecule has 144 valence electrons. The van der Waals surface area contributed by atoms with E-state index in [1.165, 1.54) is 11.1 Å². The minimum atomic E-state index is -0.324. The Kier molecular flexibility index (Phi) is 5.02. The second-order valence-electron chi connectivity index (χ2n) is 9.05. The molecule has 27 heavy (non-hydrogen) atoms. The Balaban J connectivity index is 1.89. The summed E-state index contributed by atoms with van der Waals surface area (Å²) in [5, 5.41) is 3.68. The fourth-order valence-corrected chi connectivity index (χ4v) is 3.25. The lowest BCUT2D eigenvalue weighted by Crippen LogP contribution is -2.30. The van der Waals surface area contributed by atoms with Gasteiger partial charge in [0.25, 0.3) is 0 Å². The normalized spacial score (nSPS) is 17.4. The molecule has 2 aromatic rings. The number of aryl methyl sites for hydroxylation is 2. The number of ether oxygens (including phenoxy) is 1. The van der Waals surface area contributed by atoms with Gasteiger partial charge in [-0.15, -0.1) is 0 Å². The van der Waals surface area contributed by atoms with Crippen molar-refractivity contribution in [3.05, 3.63) is 58.9 Å². The SMILES string of the molecule is Cc1cccc(C)c1NC(C)(C)c1cccc(C2=N[C@@H](C(C)(C)C)CO2)n1. The van der Waals surface area contributed by atoms with Crippen molar-refractivity contribution >= 4 is 11.6 Å². The molecule has 1 aliphatic rings. The van der Waals surface area contributed by atoms with Gasteiger partial charge in [-0.05, 0) is 56.4 Å². The van der Waals surface area contributed by atoms with E-state index in [1.807, 2.05) is 12.1 Å².